The predicted molar refractivity (Wildman–Crippen MR) is 57.2 cm³/mol. The van der Waals surface area contributed by atoms with Gasteiger partial charge < -0.3 is 0 Å². The van der Waals surface area contributed by atoms with Gasteiger partial charge in [-0.25, -0.2) is 0 Å². The molecule has 2 atom stereocenters. The van der Waals surface area contributed by atoms with E-state index in [4.69, 9.17) is 0 Å². The van der Waals surface area contributed by atoms with Crippen LogP contribution in [0.1, 0.15) is 37.2 Å². The second-order valence-electron chi connectivity index (χ2n) is 3.97. The lowest BCUT2D eigenvalue weighted by Gasteiger charge is -2.26. The second kappa shape index (κ2) is 4.36. The van der Waals surface area contributed by atoms with Gasteiger partial charge in [-0.15, -0.1) is 0 Å². The first-order valence-electron chi connectivity index (χ1n) is 5.29. The van der Waals surface area contributed by atoms with Crippen molar-refractivity contribution in [3.63, 3.8) is 0 Å². The van der Waals surface area contributed by atoms with Crippen LogP contribution in [0.5, 0.6) is 0 Å². The second-order valence-corrected chi connectivity index (χ2v) is 3.97. The summed E-state index contributed by atoms with van der Waals surface area (Å²) < 4.78 is 0. The number of nitroso groups, excluding NO2 is 1. The van der Waals surface area contributed by atoms with Crippen molar-refractivity contribution in [2.24, 2.45) is 5.18 Å². The van der Waals surface area contributed by atoms with Crippen molar-refractivity contribution in [1.82, 2.24) is 0 Å². The molecule has 2 heteroatoms. The molecule has 0 spiro atoms. The molecule has 1 aliphatic rings. The van der Waals surface area contributed by atoms with Gasteiger partial charge in [0, 0.05) is 5.92 Å². The largest absolute Gasteiger partial charge is 0.150 e. The van der Waals surface area contributed by atoms with E-state index in [2.05, 4.69) is 17.3 Å². The summed E-state index contributed by atoms with van der Waals surface area (Å²) in [5.74, 6) is 0.363. The van der Waals surface area contributed by atoms with Gasteiger partial charge in [0.25, 0.3) is 0 Å². The average Bonchev–Trinajstić information content (AvgIpc) is 2.30. The normalized spacial score (nSPS) is 27.1. The fourth-order valence-corrected chi connectivity index (χ4v) is 2.33. The van der Waals surface area contributed by atoms with Crippen molar-refractivity contribution in [3.05, 3.63) is 40.8 Å². The van der Waals surface area contributed by atoms with Gasteiger partial charge in [0.2, 0.25) is 0 Å². The van der Waals surface area contributed by atoms with Crippen LogP contribution in [0, 0.1) is 4.91 Å². The van der Waals surface area contributed by atoms with E-state index < -0.39 is 0 Å². The van der Waals surface area contributed by atoms with Crippen LogP contribution in [0.3, 0.4) is 0 Å². The Morgan fingerprint density at radius 1 is 1.07 bits per heavy atom. The van der Waals surface area contributed by atoms with E-state index in [0.29, 0.717) is 5.92 Å². The Kier molecular flexibility index (Phi) is 2.92. The molecule has 0 radical (unpaired) electrons. The smallest absolute Gasteiger partial charge is 0.0987 e. The van der Waals surface area contributed by atoms with Gasteiger partial charge in [-0.3, -0.25) is 0 Å². The zero-order chi connectivity index (χ0) is 9.80. The summed E-state index contributed by atoms with van der Waals surface area (Å²) in [5.41, 5.74) is 1.27. The third-order valence-electron chi connectivity index (χ3n) is 3.09. The summed E-state index contributed by atoms with van der Waals surface area (Å²) in [4.78, 5) is 10.7. The molecular formula is C12H15NO. The minimum absolute atomic E-state index is 0.00569. The van der Waals surface area contributed by atoms with Crippen molar-refractivity contribution in [2.75, 3.05) is 0 Å². The van der Waals surface area contributed by atoms with E-state index in [1.165, 1.54) is 12.0 Å². The van der Waals surface area contributed by atoms with Gasteiger partial charge in [0.1, 0.15) is 0 Å². The highest BCUT2D eigenvalue weighted by molar-refractivity contribution is 5.21. The van der Waals surface area contributed by atoms with E-state index in [1.54, 1.807) is 0 Å². The molecule has 0 saturated heterocycles. The van der Waals surface area contributed by atoms with Gasteiger partial charge in [0.15, 0.2) is 0 Å². The van der Waals surface area contributed by atoms with Crippen molar-refractivity contribution in [2.45, 2.75) is 37.6 Å². The molecule has 0 aromatic heterocycles. The Labute approximate surface area is 84.3 Å². The molecular weight excluding hydrogens is 174 g/mol. The highest BCUT2D eigenvalue weighted by Crippen LogP contribution is 2.34. The maximum absolute atomic E-state index is 10.7. The summed E-state index contributed by atoms with van der Waals surface area (Å²) in [6.45, 7) is 0. The van der Waals surface area contributed by atoms with Gasteiger partial charge in [0.05, 0.1) is 6.04 Å². The van der Waals surface area contributed by atoms with Crippen LogP contribution >= 0.6 is 0 Å². The Bertz CT molecular complexity index is 296. The number of benzene rings is 1. The van der Waals surface area contributed by atoms with Crippen LogP contribution < -0.4 is 0 Å². The first-order chi connectivity index (χ1) is 6.92. The first-order valence-corrected chi connectivity index (χ1v) is 5.29. The van der Waals surface area contributed by atoms with Gasteiger partial charge in [-0.2, -0.15) is 4.91 Å². The fraction of sp³-hybridized carbons (Fsp3) is 0.500. The quantitative estimate of drug-likeness (QED) is 0.655. The van der Waals surface area contributed by atoms with E-state index >= 15 is 0 Å². The zero-order valence-electron chi connectivity index (χ0n) is 8.23. The third kappa shape index (κ3) is 1.84. The Hall–Kier alpha value is -1.18. The minimum atomic E-state index is 0.00569. The van der Waals surface area contributed by atoms with Gasteiger partial charge in [-0.05, 0) is 18.4 Å². The maximum Gasteiger partial charge on any atom is 0.0987 e. The Balaban J connectivity index is 2.19. The molecule has 1 aliphatic carbocycles. The summed E-state index contributed by atoms with van der Waals surface area (Å²) in [6.07, 6.45) is 4.45. The molecule has 1 fully saturated rings. The first kappa shape index (κ1) is 9.38. The SMILES string of the molecule is O=N[C@H]1CCCC[C@H]1c1ccccc1. The van der Waals surface area contributed by atoms with E-state index in [0.717, 1.165) is 19.3 Å². The monoisotopic (exact) mass is 189 g/mol. The lowest BCUT2D eigenvalue weighted by molar-refractivity contribution is 0.385. The molecule has 74 valence electrons. The summed E-state index contributed by atoms with van der Waals surface area (Å²) in [5, 5.41) is 3.26. The maximum atomic E-state index is 10.7. The van der Waals surface area contributed by atoms with Crippen LogP contribution in [-0.4, -0.2) is 6.04 Å². The fourth-order valence-electron chi connectivity index (χ4n) is 2.33. The molecule has 0 N–H and O–H groups in total. The number of hydrogen-bond donors (Lipinski definition) is 0. The highest BCUT2D eigenvalue weighted by atomic mass is 16.3. The number of hydrogen-bond acceptors (Lipinski definition) is 2. The molecule has 14 heavy (non-hydrogen) atoms. The van der Waals surface area contributed by atoms with Crippen molar-refractivity contribution < 1.29 is 0 Å². The minimum Gasteiger partial charge on any atom is -0.150 e. The molecule has 0 bridgehead atoms. The summed E-state index contributed by atoms with van der Waals surface area (Å²) >= 11 is 0. The lowest BCUT2D eigenvalue weighted by atomic mass is 9.80. The standard InChI is InChI=1S/C12H15NO/c14-13-12-9-5-4-8-11(12)10-6-2-1-3-7-10/h1-3,6-7,11-12H,4-5,8-9H2/t11-,12-/m0/s1. The number of nitrogens with zero attached hydrogens (tertiary/aromatic N) is 1. The van der Waals surface area contributed by atoms with Crippen LogP contribution in [0.4, 0.5) is 0 Å². The highest BCUT2D eigenvalue weighted by Gasteiger charge is 2.26. The number of rotatable bonds is 2. The van der Waals surface area contributed by atoms with Crippen LogP contribution in [-0.2, 0) is 0 Å². The Morgan fingerprint density at radius 2 is 1.79 bits per heavy atom. The van der Waals surface area contributed by atoms with Crippen LogP contribution in [0.25, 0.3) is 0 Å². The average molecular weight is 189 g/mol. The van der Waals surface area contributed by atoms with Crippen molar-refractivity contribution in [3.8, 4) is 0 Å². The van der Waals surface area contributed by atoms with Crippen molar-refractivity contribution in [1.29, 1.82) is 0 Å². The summed E-state index contributed by atoms with van der Waals surface area (Å²) in [7, 11) is 0. The molecule has 2 nitrogen and oxygen atoms in total. The van der Waals surface area contributed by atoms with Gasteiger partial charge >= 0.3 is 0 Å². The molecule has 1 aromatic carbocycles. The van der Waals surface area contributed by atoms with E-state index in [9.17, 15) is 4.91 Å². The van der Waals surface area contributed by atoms with Crippen molar-refractivity contribution >= 4 is 0 Å². The Morgan fingerprint density at radius 3 is 2.50 bits per heavy atom. The molecule has 1 aromatic rings. The third-order valence-corrected chi connectivity index (χ3v) is 3.09. The molecule has 0 unspecified atom stereocenters. The van der Waals surface area contributed by atoms with E-state index in [-0.39, 0.29) is 6.04 Å². The van der Waals surface area contributed by atoms with Crippen LogP contribution in [0.2, 0.25) is 0 Å². The molecule has 0 aliphatic heterocycles. The molecule has 2 rings (SSSR count). The zero-order valence-corrected chi connectivity index (χ0v) is 8.23. The molecule has 0 amide bonds. The molecule has 1 saturated carbocycles. The predicted octanol–water partition coefficient (Wildman–Crippen LogP) is 3.48. The van der Waals surface area contributed by atoms with Crippen LogP contribution in [0.15, 0.2) is 35.5 Å². The summed E-state index contributed by atoms with van der Waals surface area (Å²) in [6, 6.07) is 10.3. The van der Waals surface area contributed by atoms with E-state index in [1.807, 2.05) is 18.2 Å². The molecule has 0 heterocycles. The lowest BCUT2D eigenvalue weighted by Crippen LogP contribution is -2.20. The topological polar surface area (TPSA) is 29.4 Å². The van der Waals surface area contributed by atoms with Gasteiger partial charge in [-0.1, -0.05) is 48.4 Å².